The second-order valence-electron chi connectivity index (χ2n) is 6.45. The van der Waals surface area contributed by atoms with Crippen molar-refractivity contribution in [3.8, 4) is 11.1 Å². The molecule has 0 fully saturated rings. The van der Waals surface area contributed by atoms with Gasteiger partial charge in [-0.1, -0.05) is 36.4 Å². The fourth-order valence-corrected chi connectivity index (χ4v) is 3.78. The van der Waals surface area contributed by atoms with Crippen LogP contribution >= 0.6 is 0 Å². The summed E-state index contributed by atoms with van der Waals surface area (Å²) >= 11 is 0. The highest BCUT2D eigenvalue weighted by atomic mass is 16.5. The van der Waals surface area contributed by atoms with Gasteiger partial charge in [-0.3, -0.25) is 4.79 Å². The number of nitrogens with zero attached hydrogens (tertiary/aromatic N) is 1. The van der Waals surface area contributed by atoms with E-state index in [0.29, 0.717) is 17.7 Å². The van der Waals surface area contributed by atoms with Gasteiger partial charge in [-0.15, -0.1) is 0 Å². The lowest BCUT2D eigenvalue weighted by Crippen LogP contribution is -2.24. The van der Waals surface area contributed by atoms with Crippen molar-refractivity contribution in [2.45, 2.75) is 26.3 Å². The molecule has 2 heterocycles. The number of benzene rings is 2. The van der Waals surface area contributed by atoms with Gasteiger partial charge in [0.05, 0.1) is 12.7 Å². The van der Waals surface area contributed by atoms with Crippen LogP contribution in [0.4, 0.5) is 0 Å². The van der Waals surface area contributed by atoms with E-state index in [0.717, 1.165) is 40.4 Å². The van der Waals surface area contributed by atoms with Crippen LogP contribution in [0.15, 0.2) is 47.3 Å². The SMILES string of the molecule is COC(=O)c1cc(-c2ccc(C)c3ccccc23)c(=O)n2c1CCC2. The van der Waals surface area contributed by atoms with Crippen LogP contribution in [0.25, 0.3) is 21.9 Å². The second-order valence-corrected chi connectivity index (χ2v) is 6.45. The number of methoxy groups -OCH3 is 1. The standard InChI is InChI=1S/C21H19NO3/c1-13-9-10-16(15-7-4-3-6-14(13)15)17-12-18(21(24)25-2)19-8-5-11-22(19)20(17)23/h3-4,6-7,9-10,12H,5,8,11H2,1-2H3. The number of fused-ring (bicyclic) bond motifs is 2. The molecule has 1 aromatic heterocycles. The van der Waals surface area contributed by atoms with Crippen molar-refractivity contribution in [1.82, 2.24) is 4.57 Å². The van der Waals surface area contributed by atoms with Gasteiger partial charge >= 0.3 is 5.97 Å². The maximum atomic E-state index is 13.1. The minimum Gasteiger partial charge on any atom is -0.465 e. The average molecular weight is 333 g/mol. The first-order chi connectivity index (χ1) is 12.1. The molecular weight excluding hydrogens is 314 g/mol. The van der Waals surface area contributed by atoms with E-state index >= 15 is 0 Å². The van der Waals surface area contributed by atoms with Crippen molar-refractivity contribution in [3.05, 3.63) is 69.6 Å². The molecule has 0 amide bonds. The number of ether oxygens (including phenoxy) is 1. The number of carbonyl (C=O) groups excluding carboxylic acids is 1. The maximum Gasteiger partial charge on any atom is 0.339 e. The Labute approximate surface area is 145 Å². The summed E-state index contributed by atoms with van der Waals surface area (Å²) in [5.41, 5.74) is 3.83. The van der Waals surface area contributed by atoms with Crippen molar-refractivity contribution in [2.24, 2.45) is 0 Å². The summed E-state index contributed by atoms with van der Waals surface area (Å²) in [4.78, 5) is 25.3. The molecule has 0 radical (unpaired) electrons. The molecule has 0 saturated heterocycles. The molecule has 0 N–H and O–H groups in total. The summed E-state index contributed by atoms with van der Waals surface area (Å²) < 4.78 is 6.68. The number of rotatable bonds is 2. The second kappa shape index (κ2) is 5.88. The monoisotopic (exact) mass is 333 g/mol. The summed E-state index contributed by atoms with van der Waals surface area (Å²) in [7, 11) is 1.38. The van der Waals surface area contributed by atoms with E-state index in [1.165, 1.54) is 7.11 Å². The molecule has 0 bridgehead atoms. The number of aryl methyl sites for hydroxylation is 1. The minimum atomic E-state index is -0.386. The molecule has 4 rings (SSSR count). The zero-order valence-corrected chi connectivity index (χ0v) is 14.3. The summed E-state index contributed by atoms with van der Waals surface area (Å²) in [6.07, 6.45) is 1.60. The number of pyridine rings is 1. The van der Waals surface area contributed by atoms with Crippen LogP contribution < -0.4 is 5.56 Å². The first-order valence-electron chi connectivity index (χ1n) is 8.45. The van der Waals surface area contributed by atoms with Crippen molar-refractivity contribution < 1.29 is 9.53 Å². The molecule has 2 aromatic carbocycles. The van der Waals surface area contributed by atoms with E-state index in [1.54, 1.807) is 10.6 Å². The molecular formula is C21H19NO3. The third kappa shape index (κ3) is 2.37. The zero-order chi connectivity index (χ0) is 17.6. The summed E-state index contributed by atoms with van der Waals surface area (Å²) in [5.74, 6) is -0.386. The zero-order valence-electron chi connectivity index (χ0n) is 14.3. The Bertz CT molecular complexity index is 1060. The molecule has 4 nitrogen and oxygen atoms in total. The van der Waals surface area contributed by atoms with E-state index in [9.17, 15) is 9.59 Å². The van der Waals surface area contributed by atoms with Crippen LogP contribution in [0.3, 0.4) is 0 Å². The van der Waals surface area contributed by atoms with Crippen LogP contribution in [0.5, 0.6) is 0 Å². The van der Waals surface area contributed by atoms with Gasteiger partial charge in [-0.25, -0.2) is 4.79 Å². The van der Waals surface area contributed by atoms with Gasteiger partial charge in [0.25, 0.3) is 5.56 Å². The normalized spacial score (nSPS) is 13.0. The molecule has 1 aliphatic heterocycles. The van der Waals surface area contributed by atoms with Gasteiger partial charge in [0, 0.05) is 17.8 Å². The van der Waals surface area contributed by atoms with Crippen LogP contribution in [0.1, 0.15) is 28.0 Å². The molecule has 0 unspecified atom stereocenters. The molecule has 25 heavy (non-hydrogen) atoms. The van der Waals surface area contributed by atoms with Crippen molar-refractivity contribution in [1.29, 1.82) is 0 Å². The van der Waals surface area contributed by atoms with E-state index in [1.807, 2.05) is 30.3 Å². The summed E-state index contributed by atoms with van der Waals surface area (Å²) in [5, 5.41) is 2.14. The largest absolute Gasteiger partial charge is 0.465 e. The van der Waals surface area contributed by atoms with Gasteiger partial charge in [-0.2, -0.15) is 0 Å². The Balaban J connectivity index is 2.06. The fraction of sp³-hybridized carbons (Fsp3) is 0.238. The number of carbonyl (C=O) groups is 1. The van der Waals surface area contributed by atoms with Crippen LogP contribution in [0, 0.1) is 6.92 Å². The Hall–Kier alpha value is -2.88. The minimum absolute atomic E-state index is 0.0332. The van der Waals surface area contributed by atoms with Gasteiger partial charge in [-0.05, 0) is 47.7 Å². The molecule has 0 atom stereocenters. The Kier molecular flexibility index (Phi) is 3.68. The smallest absolute Gasteiger partial charge is 0.339 e. The van der Waals surface area contributed by atoms with E-state index in [4.69, 9.17) is 4.74 Å². The molecule has 4 heteroatoms. The molecule has 0 saturated carbocycles. The van der Waals surface area contributed by atoms with Crippen LogP contribution in [0.2, 0.25) is 0 Å². The van der Waals surface area contributed by atoms with E-state index in [-0.39, 0.29) is 11.5 Å². The predicted molar refractivity (Wildman–Crippen MR) is 98.0 cm³/mol. The fourth-order valence-electron chi connectivity index (χ4n) is 3.78. The highest BCUT2D eigenvalue weighted by Gasteiger charge is 2.24. The first kappa shape index (κ1) is 15.6. The highest BCUT2D eigenvalue weighted by molar-refractivity contribution is 6.00. The summed E-state index contributed by atoms with van der Waals surface area (Å²) in [6.45, 7) is 2.71. The first-order valence-corrected chi connectivity index (χ1v) is 8.45. The summed E-state index contributed by atoms with van der Waals surface area (Å²) in [6, 6.07) is 13.7. The van der Waals surface area contributed by atoms with Crippen molar-refractivity contribution in [2.75, 3.05) is 7.11 Å². The molecule has 3 aromatic rings. The van der Waals surface area contributed by atoms with Crippen LogP contribution in [-0.4, -0.2) is 17.6 Å². The molecule has 1 aliphatic rings. The van der Waals surface area contributed by atoms with Gasteiger partial charge in [0.2, 0.25) is 0 Å². The predicted octanol–water partition coefficient (Wildman–Crippen LogP) is 3.71. The Morgan fingerprint density at radius 2 is 1.84 bits per heavy atom. The topological polar surface area (TPSA) is 48.3 Å². The lowest BCUT2D eigenvalue weighted by molar-refractivity contribution is 0.0598. The number of esters is 1. The molecule has 0 spiro atoms. The van der Waals surface area contributed by atoms with Gasteiger partial charge in [0.1, 0.15) is 0 Å². The quantitative estimate of drug-likeness (QED) is 0.672. The van der Waals surface area contributed by atoms with E-state index in [2.05, 4.69) is 13.0 Å². The van der Waals surface area contributed by atoms with Crippen LogP contribution in [-0.2, 0) is 17.7 Å². The lowest BCUT2D eigenvalue weighted by atomic mass is 9.95. The average Bonchev–Trinajstić information content (AvgIpc) is 3.13. The van der Waals surface area contributed by atoms with E-state index < -0.39 is 0 Å². The number of hydrogen-bond donors (Lipinski definition) is 0. The Morgan fingerprint density at radius 3 is 2.60 bits per heavy atom. The maximum absolute atomic E-state index is 13.1. The third-order valence-electron chi connectivity index (χ3n) is 5.03. The number of hydrogen-bond acceptors (Lipinski definition) is 3. The van der Waals surface area contributed by atoms with Crippen molar-refractivity contribution in [3.63, 3.8) is 0 Å². The number of aromatic nitrogens is 1. The Morgan fingerprint density at radius 1 is 1.08 bits per heavy atom. The van der Waals surface area contributed by atoms with Gasteiger partial charge < -0.3 is 9.30 Å². The third-order valence-corrected chi connectivity index (χ3v) is 5.03. The molecule has 0 aliphatic carbocycles. The highest BCUT2D eigenvalue weighted by Crippen LogP contribution is 2.31. The lowest BCUT2D eigenvalue weighted by Gasteiger charge is -2.14. The van der Waals surface area contributed by atoms with Crippen molar-refractivity contribution >= 4 is 16.7 Å². The van der Waals surface area contributed by atoms with Gasteiger partial charge in [0.15, 0.2) is 0 Å². The molecule has 126 valence electrons.